The summed E-state index contributed by atoms with van der Waals surface area (Å²) in [5.41, 5.74) is 3.44. The zero-order chi connectivity index (χ0) is 16.7. The van der Waals surface area contributed by atoms with Crippen molar-refractivity contribution in [3.05, 3.63) is 59.7 Å². The molecule has 0 unspecified atom stereocenters. The van der Waals surface area contributed by atoms with Crippen molar-refractivity contribution in [1.29, 1.82) is 0 Å². The van der Waals surface area contributed by atoms with E-state index in [1.807, 2.05) is 0 Å². The number of nitrogens with zero attached hydrogens (tertiary/aromatic N) is 1. The molecule has 1 amide bonds. The highest BCUT2D eigenvalue weighted by Gasteiger charge is 2.16. The van der Waals surface area contributed by atoms with Crippen LogP contribution in [0.2, 0.25) is 0 Å². The summed E-state index contributed by atoms with van der Waals surface area (Å²) >= 11 is 0. The van der Waals surface area contributed by atoms with Gasteiger partial charge in [0.05, 0.1) is 20.4 Å². The lowest BCUT2D eigenvalue weighted by atomic mass is 10.1. The minimum atomic E-state index is -1.28. The SMILES string of the molecule is COc1cccc(/C=N\NC(=O)[C@@H](O)c2ccccc2)c1OC. The second-order valence-electron chi connectivity index (χ2n) is 4.63. The first-order valence-corrected chi connectivity index (χ1v) is 6.94. The van der Waals surface area contributed by atoms with Crippen LogP contribution in [0.3, 0.4) is 0 Å². The van der Waals surface area contributed by atoms with Crippen LogP contribution in [0, 0.1) is 0 Å². The van der Waals surface area contributed by atoms with Crippen molar-refractivity contribution < 1.29 is 19.4 Å². The molecule has 2 N–H and O–H groups in total. The summed E-state index contributed by atoms with van der Waals surface area (Å²) in [7, 11) is 3.06. The highest BCUT2D eigenvalue weighted by Crippen LogP contribution is 2.29. The van der Waals surface area contributed by atoms with E-state index in [1.54, 1.807) is 48.5 Å². The number of amides is 1. The van der Waals surface area contributed by atoms with Gasteiger partial charge in [-0.3, -0.25) is 4.79 Å². The minimum Gasteiger partial charge on any atom is -0.493 e. The summed E-state index contributed by atoms with van der Waals surface area (Å²) in [6, 6.07) is 13.9. The van der Waals surface area contributed by atoms with Crippen LogP contribution in [0.15, 0.2) is 53.6 Å². The number of carbonyl (C=O) groups is 1. The van der Waals surface area contributed by atoms with Crippen LogP contribution in [-0.4, -0.2) is 31.4 Å². The second-order valence-corrected chi connectivity index (χ2v) is 4.63. The fraction of sp³-hybridized carbons (Fsp3) is 0.176. The zero-order valence-corrected chi connectivity index (χ0v) is 12.9. The van der Waals surface area contributed by atoms with Gasteiger partial charge in [-0.05, 0) is 17.7 Å². The molecule has 0 spiro atoms. The first-order valence-electron chi connectivity index (χ1n) is 6.94. The highest BCUT2D eigenvalue weighted by molar-refractivity contribution is 5.87. The number of nitrogens with one attached hydrogen (secondary N) is 1. The molecule has 1 atom stereocenters. The highest BCUT2D eigenvalue weighted by atomic mass is 16.5. The van der Waals surface area contributed by atoms with Crippen molar-refractivity contribution in [2.75, 3.05) is 14.2 Å². The first kappa shape index (κ1) is 16.5. The smallest absolute Gasteiger partial charge is 0.273 e. The molecule has 2 aromatic carbocycles. The maximum absolute atomic E-state index is 11.9. The summed E-state index contributed by atoms with van der Waals surface area (Å²) in [5, 5.41) is 13.8. The number of carbonyl (C=O) groups excluding carboxylic acids is 1. The quantitative estimate of drug-likeness (QED) is 0.630. The van der Waals surface area contributed by atoms with Crippen LogP contribution in [0.25, 0.3) is 0 Å². The Labute approximate surface area is 134 Å². The number of hydrogen-bond acceptors (Lipinski definition) is 5. The normalized spacial score (nSPS) is 12.0. The number of aliphatic hydroxyl groups excluding tert-OH is 1. The van der Waals surface area contributed by atoms with E-state index >= 15 is 0 Å². The molecule has 2 aromatic rings. The van der Waals surface area contributed by atoms with E-state index in [0.717, 1.165) is 0 Å². The number of hydrazone groups is 1. The molecular formula is C17H18N2O4. The van der Waals surface area contributed by atoms with Crippen LogP contribution in [0.1, 0.15) is 17.2 Å². The van der Waals surface area contributed by atoms with E-state index in [2.05, 4.69) is 10.5 Å². The molecule has 2 rings (SSSR count). The Kier molecular flexibility index (Phi) is 5.71. The van der Waals surface area contributed by atoms with Gasteiger partial charge in [0.2, 0.25) is 0 Å². The number of hydrogen-bond donors (Lipinski definition) is 2. The molecule has 6 heteroatoms. The van der Waals surface area contributed by atoms with Crippen LogP contribution >= 0.6 is 0 Å². The predicted octanol–water partition coefficient (Wildman–Crippen LogP) is 1.89. The Balaban J connectivity index is 2.06. The molecule has 0 aromatic heterocycles. The summed E-state index contributed by atoms with van der Waals surface area (Å²) in [6.07, 6.45) is 0.150. The fourth-order valence-electron chi connectivity index (χ4n) is 2.03. The number of benzene rings is 2. The van der Waals surface area contributed by atoms with E-state index in [9.17, 15) is 9.90 Å². The molecule has 0 bridgehead atoms. The van der Waals surface area contributed by atoms with Crippen molar-refractivity contribution in [2.45, 2.75) is 6.10 Å². The summed E-state index contributed by atoms with van der Waals surface area (Å²) in [5.74, 6) is 0.456. The third kappa shape index (κ3) is 4.08. The second kappa shape index (κ2) is 7.95. The molecule has 0 aliphatic carbocycles. The Hall–Kier alpha value is -2.86. The third-order valence-electron chi connectivity index (χ3n) is 3.18. The predicted molar refractivity (Wildman–Crippen MR) is 86.7 cm³/mol. The van der Waals surface area contributed by atoms with Gasteiger partial charge in [-0.2, -0.15) is 5.10 Å². The maximum Gasteiger partial charge on any atom is 0.273 e. The van der Waals surface area contributed by atoms with Gasteiger partial charge < -0.3 is 14.6 Å². The number of rotatable bonds is 6. The Bertz CT molecular complexity index is 686. The van der Waals surface area contributed by atoms with E-state index in [1.165, 1.54) is 20.4 Å². The van der Waals surface area contributed by atoms with Crippen molar-refractivity contribution in [1.82, 2.24) is 5.43 Å². The average molecular weight is 314 g/mol. The Morgan fingerprint density at radius 1 is 1.13 bits per heavy atom. The molecule has 23 heavy (non-hydrogen) atoms. The zero-order valence-electron chi connectivity index (χ0n) is 12.9. The monoisotopic (exact) mass is 314 g/mol. The van der Waals surface area contributed by atoms with Gasteiger partial charge in [-0.25, -0.2) is 5.43 Å². The van der Waals surface area contributed by atoms with Gasteiger partial charge in [-0.1, -0.05) is 36.4 Å². The number of aliphatic hydroxyl groups is 1. The van der Waals surface area contributed by atoms with Gasteiger partial charge in [-0.15, -0.1) is 0 Å². The molecule has 0 aliphatic rings. The lowest BCUT2D eigenvalue weighted by Gasteiger charge is -2.10. The van der Waals surface area contributed by atoms with E-state index in [-0.39, 0.29) is 0 Å². The van der Waals surface area contributed by atoms with Crippen LogP contribution in [0.4, 0.5) is 0 Å². The lowest BCUT2D eigenvalue weighted by molar-refractivity contribution is -0.129. The number of ether oxygens (including phenoxy) is 2. The molecule has 120 valence electrons. The standard InChI is InChI=1S/C17H18N2O4/c1-22-14-10-6-9-13(16(14)23-2)11-18-19-17(21)15(20)12-7-4-3-5-8-12/h3-11,15,20H,1-2H3,(H,19,21)/b18-11-/t15-/m0/s1. The number of para-hydroxylation sites is 1. The van der Waals surface area contributed by atoms with Crippen molar-refractivity contribution in [3.63, 3.8) is 0 Å². The van der Waals surface area contributed by atoms with Crippen molar-refractivity contribution >= 4 is 12.1 Å². The molecule has 6 nitrogen and oxygen atoms in total. The average Bonchev–Trinajstić information content (AvgIpc) is 2.61. The molecular weight excluding hydrogens is 296 g/mol. The van der Waals surface area contributed by atoms with Crippen molar-refractivity contribution in [2.24, 2.45) is 5.10 Å². The molecule has 0 aliphatic heterocycles. The molecule has 0 fully saturated rings. The van der Waals surface area contributed by atoms with Gasteiger partial charge in [0, 0.05) is 5.56 Å². The van der Waals surface area contributed by atoms with E-state index in [4.69, 9.17) is 9.47 Å². The summed E-state index contributed by atoms with van der Waals surface area (Å²) in [6.45, 7) is 0. The van der Waals surface area contributed by atoms with E-state index in [0.29, 0.717) is 22.6 Å². The van der Waals surface area contributed by atoms with Crippen LogP contribution < -0.4 is 14.9 Å². The molecule has 0 heterocycles. The minimum absolute atomic E-state index is 0.499. The molecule has 0 saturated heterocycles. The number of methoxy groups -OCH3 is 2. The Morgan fingerprint density at radius 3 is 2.52 bits per heavy atom. The van der Waals surface area contributed by atoms with Gasteiger partial charge in [0.15, 0.2) is 17.6 Å². The summed E-state index contributed by atoms with van der Waals surface area (Å²) in [4.78, 5) is 11.9. The summed E-state index contributed by atoms with van der Waals surface area (Å²) < 4.78 is 10.4. The van der Waals surface area contributed by atoms with Crippen LogP contribution in [0.5, 0.6) is 11.5 Å². The topological polar surface area (TPSA) is 80.2 Å². The lowest BCUT2D eigenvalue weighted by Crippen LogP contribution is -2.25. The fourth-order valence-corrected chi connectivity index (χ4v) is 2.03. The maximum atomic E-state index is 11.9. The molecule has 0 radical (unpaired) electrons. The van der Waals surface area contributed by atoms with Crippen molar-refractivity contribution in [3.8, 4) is 11.5 Å². The Morgan fingerprint density at radius 2 is 1.87 bits per heavy atom. The largest absolute Gasteiger partial charge is 0.493 e. The van der Waals surface area contributed by atoms with Gasteiger partial charge >= 0.3 is 0 Å². The van der Waals surface area contributed by atoms with Gasteiger partial charge in [0.1, 0.15) is 0 Å². The molecule has 0 saturated carbocycles. The third-order valence-corrected chi connectivity index (χ3v) is 3.18. The first-order chi connectivity index (χ1) is 11.2. The van der Waals surface area contributed by atoms with Crippen LogP contribution in [-0.2, 0) is 4.79 Å². The van der Waals surface area contributed by atoms with Gasteiger partial charge in [0.25, 0.3) is 5.91 Å². The van der Waals surface area contributed by atoms with E-state index < -0.39 is 12.0 Å².